The van der Waals surface area contributed by atoms with Crippen molar-refractivity contribution >= 4 is 17.6 Å². The van der Waals surface area contributed by atoms with Crippen LogP contribution in [0.4, 0.5) is 10.1 Å². The minimum atomic E-state index is -0.937. The zero-order valence-corrected chi connectivity index (χ0v) is 11.4. The maximum Gasteiger partial charge on any atom is 0.307 e. The van der Waals surface area contributed by atoms with E-state index in [-0.39, 0.29) is 18.1 Å². The van der Waals surface area contributed by atoms with E-state index in [2.05, 4.69) is 5.32 Å². The number of rotatable bonds is 4. The highest BCUT2D eigenvalue weighted by Gasteiger charge is 2.09. The molecule has 21 heavy (non-hydrogen) atoms. The zero-order valence-electron chi connectivity index (χ0n) is 11.4. The van der Waals surface area contributed by atoms with E-state index in [0.717, 1.165) is 0 Å². The molecule has 0 fully saturated rings. The molecule has 2 aromatic rings. The molecule has 2 aromatic carbocycles. The number of nitrogens with one attached hydrogen (secondary N) is 1. The van der Waals surface area contributed by atoms with Crippen LogP contribution < -0.4 is 5.32 Å². The largest absolute Gasteiger partial charge is 0.481 e. The number of anilines is 1. The first-order chi connectivity index (χ1) is 9.95. The SMILES string of the molecule is Cc1cc(C(=O)Nc2cccc(CC(=O)O)c2)ccc1F. The van der Waals surface area contributed by atoms with Gasteiger partial charge in [0, 0.05) is 11.3 Å². The Morgan fingerprint density at radius 1 is 1.19 bits per heavy atom. The maximum atomic E-state index is 13.2. The smallest absolute Gasteiger partial charge is 0.307 e. The van der Waals surface area contributed by atoms with Crippen LogP contribution in [0.2, 0.25) is 0 Å². The molecule has 2 N–H and O–H groups in total. The van der Waals surface area contributed by atoms with Crippen LogP contribution in [0, 0.1) is 12.7 Å². The van der Waals surface area contributed by atoms with Crippen LogP contribution in [0.3, 0.4) is 0 Å². The lowest BCUT2D eigenvalue weighted by Crippen LogP contribution is -2.12. The summed E-state index contributed by atoms with van der Waals surface area (Å²) < 4.78 is 13.2. The molecule has 0 atom stereocenters. The molecule has 5 heteroatoms. The van der Waals surface area contributed by atoms with Gasteiger partial charge in [0.2, 0.25) is 0 Å². The second kappa shape index (κ2) is 6.17. The lowest BCUT2D eigenvalue weighted by atomic mass is 10.1. The summed E-state index contributed by atoms with van der Waals surface area (Å²) in [7, 11) is 0. The number of carboxylic acids is 1. The highest BCUT2D eigenvalue weighted by molar-refractivity contribution is 6.04. The van der Waals surface area contributed by atoms with Crippen molar-refractivity contribution in [2.75, 3.05) is 5.32 Å². The van der Waals surface area contributed by atoms with E-state index in [9.17, 15) is 14.0 Å². The van der Waals surface area contributed by atoms with Gasteiger partial charge in [-0.25, -0.2) is 4.39 Å². The minimum Gasteiger partial charge on any atom is -0.481 e. The van der Waals surface area contributed by atoms with E-state index in [1.165, 1.54) is 18.2 Å². The Bertz CT molecular complexity index is 698. The Labute approximate surface area is 121 Å². The molecule has 0 aromatic heterocycles. The number of amides is 1. The van der Waals surface area contributed by atoms with Gasteiger partial charge in [-0.15, -0.1) is 0 Å². The van der Waals surface area contributed by atoms with E-state index in [1.807, 2.05) is 0 Å². The van der Waals surface area contributed by atoms with Crippen molar-refractivity contribution in [1.82, 2.24) is 0 Å². The average molecular weight is 287 g/mol. The molecule has 0 radical (unpaired) electrons. The maximum absolute atomic E-state index is 13.2. The first kappa shape index (κ1) is 14.7. The Hall–Kier alpha value is -2.69. The summed E-state index contributed by atoms with van der Waals surface area (Å²) >= 11 is 0. The number of benzene rings is 2. The van der Waals surface area contributed by atoms with Gasteiger partial charge in [0.15, 0.2) is 0 Å². The van der Waals surface area contributed by atoms with Gasteiger partial charge < -0.3 is 10.4 Å². The van der Waals surface area contributed by atoms with Gasteiger partial charge in [0.25, 0.3) is 5.91 Å². The molecule has 0 saturated carbocycles. The van der Waals surface area contributed by atoms with Crippen molar-refractivity contribution < 1.29 is 19.1 Å². The third-order valence-corrected chi connectivity index (χ3v) is 2.96. The van der Waals surface area contributed by atoms with Gasteiger partial charge in [-0.1, -0.05) is 12.1 Å². The fourth-order valence-electron chi connectivity index (χ4n) is 1.92. The highest BCUT2D eigenvalue weighted by Crippen LogP contribution is 2.14. The van der Waals surface area contributed by atoms with E-state index >= 15 is 0 Å². The van der Waals surface area contributed by atoms with Gasteiger partial charge in [0.1, 0.15) is 5.82 Å². The summed E-state index contributed by atoms with van der Waals surface area (Å²) in [6, 6.07) is 10.7. The van der Waals surface area contributed by atoms with Gasteiger partial charge in [0.05, 0.1) is 6.42 Å². The number of aliphatic carboxylic acids is 1. The Balaban J connectivity index is 2.15. The highest BCUT2D eigenvalue weighted by atomic mass is 19.1. The molecule has 0 saturated heterocycles. The number of halogens is 1. The molecule has 0 aliphatic carbocycles. The van der Waals surface area contributed by atoms with E-state index in [4.69, 9.17) is 5.11 Å². The second-order valence-corrected chi connectivity index (χ2v) is 4.69. The summed E-state index contributed by atoms with van der Waals surface area (Å²) in [6.45, 7) is 1.58. The van der Waals surface area contributed by atoms with Crippen LogP contribution in [0.25, 0.3) is 0 Å². The van der Waals surface area contributed by atoms with E-state index in [0.29, 0.717) is 22.4 Å². The van der Waals surface area contributed by atoms with Crippen LogP contribution in [0.5, 0.6) is 0 Å². The first-order valence-electron chi connectivity index (χ1n) is 6.34. The number of carboxylic acid groups (broad SMARTS) is 1. The van der Waals surface area contributed by atoms with E-state index in [1.54, 1.807) is 31.2 Å². The Kier molecular flexibility index (Phi) is 4.33. The van der Waals surface area contributed by atoms with Crippen molar-refractivity contribution in [3.8, 4) is 0 Å². The molecule has 0 spiro atoms. The van der Waals surface area contributed by atoms with Crippen molar-refractivity contribution in [2.45, 2.75) is 13.3 Å². The van der Waals surface area contributed by atoms with E-state index < -0.39 is 5.97 Å². The fourth-order valence-corrected chi connectivity index (χ4v) is 1.92. The summed E-state index contributed by atoms with van der Waals surface area (Å²) in [4.78, 5) is 22.7. The van der Waals surface area contributed by atoms with Crippen LogP contribution >= 0.6 is 0 Å². The summed E-state index contributed by atoms with van der Waals surface area (Å²) in [6.07, 6.45) is -0.112. The van der Waals surface area contributed by atoms with Gasteiger partial charge in [-0.05, 0) is 48.4 Å². The normalized spacial score (nSPS) is 10.2. The number of carbonyl (C=O) groups excluding carboxylic acids is 1. The number of hydrogen-bond acceptors (Lipinski definition) is 2. The zero-order chi connectivity index (χ0) is 15.4. The van der Waals surface area contributed by atoms with Crippen LogP contribution in [-0.4, -0.2) is 17.0 Å². The number of aryl methyl sites for hydroxylation is 1. The molecule has 108 valence electrons. The molecule has 1 amide bonds. The van der Waals surface area contributed by atoms with Gasteiger partial charge in [-0.2, -0.15) is 0 Å². The monoisotopic (exact) mass is 287 g/mol. The predicted molar refractivity (Wildman–Crippen MR) is 76.9 cm³/mol. The summed E-state index contributed by atoms with van der Waals surface area (Å²) in [5, 5.41) is 11.4. The molecule has 0 aliphatic rings. The molecular weight excluding hydrogens is 273 g/mol. The summed E-state index contributed by atoms with van der Waals surface area (Å²) in [5.41, 5.74) is 1.83. The Morgan fingerprint density at radius 3 is 2.62 bits per heavy atom. The predicted octanol–water partition coefficient (Wildman–Crippen LogP) is 3.01. The van der Waals surface area contributed by atoms with Crippen molar-refractivity contribution in [2.24, 2.45) is 0 Å². The number of hydrogen-bond donors (Lipinski definition) is 2. The molecule has 4 nitrogen and oxygen atoms in total. The Morgan fingerprint density at radius 2 is 1.95 bits per heavy atom. The van der Waals surface area contributed by atoms with Crippen LogP contribution in [-0.2, 0) is 11.2 Å². The van der Waals surface area contributed by atoms with Crippen molar-refractivity contribution in [1.29, 1.82) is 0 Å². The quantitative estimate of drug-likeness (QED) is 0.908. The standard InChI is InChI=1S/C16H14FNO3/c1-10-7-12(5-6-14(10)17)16(21)18-13-4-2-3-11(8-13)9-15(19)20/h2-8H,9H2,1H3,(H,18,21)(H,19,20). The number of carbonyl (C=O) groups is 2. The molecule has 0 bridgehead atoms. The molecular formula is C16H14FNO3. The third-order valence-electron chi connectivity index (χ3n) is 2.96. The first-order valence-corrected chi connectivity index (χ1v) is 6.34. The minimum absolute atomic E-state index is 0.112. The second-order valence-electron chi connectivity index (χ2n) is 4.69. The van der Waals surface area contributed by atoms with Gasteiger partial charge in [-0.3, -0.25) is 9.59 Å². The average Bonchev–Trinajstić information content (AvgIpc) is 2.41. The fraction of sp³-hybridized carbons (Fsp3) is 0.125. The van der Waals surface area contributed by atoms with Crippen LogP contribution in [0.15, 0.2) is 42.5 Å². The molecule has 0 aliphatic heterocycles. The van der Waals surface area contributed by atoms with Gasteiger partial charge >= 0.3 is 5.97 Å². The molecule has 0 unspecified atom stereocenters. The molecule has 0 heterocycles. The lowest BCUT2D eigenvalue weighted by molar-refractivity contribution is -0.136. The molecule has 2 rings (SSSR count). The third kappa shape index (κ3) is 3.89. The van der Waals surface area contributed by atoms with Crippen molar-refractivity contribution in [3.05, 3.63) is 65.0 Å². The van der Waals surface area contributed by atoms with Crippen LogP contribution in [0.1, 0.15) is 21.5 Å². The van der Waals surface area contributed by atoms with Crippen molar-refractivity contribution in [3.63, 3.8) is 0 Å². The topological polar surface area (TPSA) is 66.4 Å². The lowest BCUT2D eigenvalue weighted by Gasteiger charge is -2.07. The summed E-state index contributed by atoms with van der Waals surface area (Å²) in [5.74, 6) is -1.67.